The molecule has 0 radical (unpaired) electrons. The van der Waals surface area contributed by atoms with Crippen LogP contribution in [0.3, 0.4) is 0 Å². The first-order chi connectivity index (χ1) is 14.9. The van der Waals surface area contributed by atoms with Gasteiger partial charge in [0, 0.05) is 24.6 Å². The zero-order valence-corrected chi connectivity index (χ0v) is 18.7. The third-order valence-electron chi connectivity index (χ3n) is 6.01. The van der Waals surface area contributed by atoms with Gasteiger partial charge in [-0.05, 0) is 43.2 Å². The van der Waals surface area contributed by atoms with Gasteiger partial charge in [-0.15, -0.1) is 0 Å². The van der Waals surface area contributed by atoms with Crippen LogP contribution in [0.25, 0.3) is 0 Å². The Bertz CT molecular complexity index is 944. The van der Waals surface area contributed by atoms with Gasteiger partial charge in [-0.2, -0.15) is 0 Å². The average Bonchev–Trinajstić information content (AvgIpc) is 3.22. The predicted octanol–water partition coefficient (Wildman–Crippen LogP) is 1.80. The van der Waals surface area contributed by atoms with Crippen molar-refractivity contribution < 1.29 is 24.0 Å². The summed E-state index contributed by atoms with van der Waals surface area (Å²) in [6, 6.07) is 11.8. The number of hydrogen-bond donors (Lipinski definition) is 3. The Morgan fingerprint density at radius 1 is 1.10 bits per heavy atom. The van der Waals surface area contributed by atoms with Crippen LogP contribution in [-0.4, -0.2) is 45.7 Å². The van der Waals surface area contributed by atoms with Gasteiger partial charge in [0.1, 0.15) is 17.5 Å². The number of nitrogens with one attached hydrogen (secondary N) is 3. The second-order valence-corrected chi connectivity index (χ2v) is 7.96. The molecule has 1 aliphatic heterocycles. The Hall–Kier alpha value is -3.06. The molecule has 0 aromatic heterocycles. The Kier molecular flexibility index (Phi) is 7.52. The quantitative estimate of drug-likeness (QED) is 0.601. The highest BCUT2D eigenvalue weighted by Gasteiger charge is 2.33. The highest BCUT2D eigenvalue weighted by Crippen LogP contribution is 2.31. The summed E-state index contributed by atoms with van der Waals surface area (Å²) in [6.45, 7) is 5.14. The minimum Gasteiger partial charge on any atom is -0.497 e. The average molecular weight is 427 g/mol. The van der Waals surface area contributed by atoms with Crippen molar-refractivity contribution in [2.24, 2.45) is 0 Å². The molecule has 3 rings (SSSR count). The first-order valence-electron chi connectivity index (χ1n) is 10.6. The second-order valence-electron chi connectivity index (χ2n) is 7.96. The molecule has 0 saturated carbocycles. The van der Waals surface area contributed by atoms with E-state index in [2.05, 4.69) is 10.6 Å². The van der Waals surface area contributed by atoms with Gasteiger partial charge in [-0.25, -0.2) is 0 Å². The highest BCUT2D eigenvalue weighted by molar-refractivity contribution is 5.95. The summed E-state index contributed by atoms with van der Waals surface area (Å²) in [4.78, 5) is 26.0. The fourth-order valence-electron chi connectivity index (χ4n) is 4.13. The number of carbonyl (C=O) groups is 2. The molecule has 3 N–H and O–H groups in total. The van der Waals surface area contributed by atoms with Gasteiger partial charge in [-0.1, -0.05) is 12.1 Å². The largest absolute Gasteiger partial charge is 0.497 e. The van der Waals surface area contributed by atoms with E-state index in [1.165, 1.54) is 4.90 Å². The Morgan fingerprint density at radius 2 is 1.90 bits per heavy atom. The van der Waals surface area contributed by atoms with E-state index in [1.807, 2.05) is 50.2 Å². The molecule has 0 spiro atoms. The SMILES string of the molecule is COc1ccc([C@H]2CCC[NH+]2CC(=O)NCC(=O)Nc2cccc(C)c2C)c(OC)c1. The molecule has 1 fully saturated rings. The van der Waals surface area contributed by atoms with Gasteiger partial charge in [0.2, 0.25) is 5.91 Å². The van der Waals surface area contributed by atoms with E-state index in [4.69, 9.17) is 9.47 Å². The first-order valence-corrected chi connectivity index (χ1v) is 10.6. The highest BCUT2D eigenvalue weighted by atomic mass is 16.5. The number of anilines is 1. The molecule has 7 nitrogen and oxygen atoms in total. The summed E-state index contributed by atoms with van der Waals surface area (Å²) in [5.41, 5.74) is 3.99. The van der Waals surface area contributed by atoms with Crippen LogP contribution < -0.4 is 25.0 Å². The van der Waals surface area contributed by atoms with Crippen LogP contribution in [-0.2, 0) is 9.59 Å². The monoisotopic (exact) mass is 426 g/mol. The number of carbonyl (C=O) groups excluding carboxylic acids is 2. The molecule has 1 unspecified atom stereocenters. The summed E-state index contributed by atoms with van der Waals surface area (Å²) in [5, 5.41) is 5.63. The van der Waals surface area contributed by atoms with Gasteiger partial charge in [0.25, 0.3) is 5.91 Å². The molecule has 2 aromatic carbocycles. The van der Waals surface area contributed by atoms with E-state index >= 15 is 0 Å². The maximum atomic E-state index is 12.5. The third kappa shape index (κ3) is 5.55. The molecule has 7 heteroatoms. The van der Waals surface area contributed by atoms with Crippen molar-refractivity contribution in [3.63, 3.8) is 0 Å². The number of quaternary nitrogens is 1. The molecule has 166 valence electrons. The van der Waals surface area contributed by atoms with Crippen LogP contribution in [0.2, 0.25) is 0 Å². The molecule has 2 aromatic rings. The fraction of sp³-hybridized carbons (Fsp3) is 0.417. The number of aryl methyl sites for hydroxylation is 1. The minimum atomic E-state index is -0.230. The molecule has 31 heavy (non-hydrogen) atoms. The number of methoxy groups -OCH3 is 2. The standard InChI is InChI=1S/C24H31N3O4/c1-16-7-5-8-20(17(16)2)26-23(28)14-25-24(29)15-27-12-6-9-21(27)19-11-10-18(30-3)13-22(19)31-4/h5,7-8,10-11,13,21H,6,9,12,14-15H2,1-4H3,(H,25,29)(H,26,28)/p+1/t21-/m1/s1. The number of likely N-dealkylation sites (tertiary alicyclic amines) is 1. The topological polar surface area (TPSA) is 81.1 Å². The van der Waals surface area contributed by atoms with E-state index in [0.29, 0.717) is 6.54 Å². The van der Waals surface area contributed by atoms with Crippen LogP contribution in [0.4, 0.5) is 5.69 Å². The lowest BCUT2D eigenvalue weighted by Gasteiger charge is -2.23. The second kappa shape index (κ2) is 10.3. The number of ether oxygens (including phenoxy) is 2. The van der Waals surface area contributed by atoms with E-state index < -0.39 is 0 Å². The van der Waals surface area contributed by atoms with Crippen LogP contribution >= 0.6 is 0 Å². The summed E-state index contributed by atoms with van der Waals surface area (Å²) in [5.74, 6) is 1.15. The Morgan fingerprint density at radius 3 is 2.65 bits per heavy atom. The van der Waals surface area contributed by atoms with Crippen LogP contribution in [0.15, 0.2) is 36.4 Å². The van der Waals surface area contributed by atoms with Crippen molar-refractivity contribution in [2.45, 2.75) is 32.7 Å². The predicted molar refractivity (Wildman–Crippen MR) is 120 cm³/mol. The lowest BCUT2D eigenvalue weighted by atomic mass is 10.0. The van der Waals surface area contributed by atoms with Gasteiger partial charge < -0.3 is 25.0 Å². The van der Waals surface area contributed by atoms with Crippen LogP contribution in [0.5, 0.6) is 11.5 Å². The third-order valence-corrected chi connectivity index (χ3v) is 6.01. The molecule has 1 aliphatic rings. The van der Waals surface area contributed by atoms with Crippen molar-refractivity contribution >= 4 is 17.5 Å². The maximum absolute atomic E-state index is 12.5. The molecular formula is C24H32N3O4+. The van der Waals surface area contributed by atoms with Gasteiger partial charge in [0.15, 0.2) is 6.54 Å². The number of hydrogen-bond acceptors (Lipinski definition) is 4. The Balaban J connectivity index is 1.56. The maximum Gasteiger partial charge on any atom is 0.275 e. The van der Waals surface area contributed by atoms with Crippen molar-refractivity contribution in [1.82, 2.24) is 5.32 Å². The summed E-state index contributed by atoms with van der Waals surface area (Å²) < 4.78 is 10.8. The smallest absolute Gasteiger partial charge is 0.275 e. The minimum absolute atomic E-state index is 0.0456. The fourth-order valence-corrected chi connectivity index (χ4v) is 4.13. The first kappa shape index (κ1) is 22.6. The van der Waals surface area contributed by atoms with Crippen LogP contribution in [0, 0.1) is 13.8 Å². The van der Waals surface area contributed by atoms with Crippen molar-refractivity contribution in [2.75, 3.05) is 39.2 Å². The van der Waals surface area contributed by atoms with Gasteiger partial charge >= 0.3 is 0 Å². The lowest BCUT2D eigenvalue weighted by Crippen LogP contribution is -3.11. The number of amides is 2. The molecule has 0 aliphatic carbocycles. The number of rotatable bonds is 8. The molecule has 2 atom stereocenters. The van der Waals surface area contributed by atoms with E-state index in [1.54, 1.807) is 14.2 Å². The van der Waals surface area contributed by atoms with E-state index in [0.717, 1.165) is 53.3 Å². The zero-order chi connectivity index (χ0) is 22.4. The summed E-state index contributed by atoms with van der Waals surface area (Å²) in [6.07, 6.45) is 2.02. The van der Waals surface area contributed by atoms with E-state index in [9.17, 15) is 9.59 Å². The summed E-state index contributed by atoms with van der Waals surface area (Å²) >= 11 is 0. The van der Waals surface area contributed by atoms with E-state index in [-0.39, 0.29) is 24.4 Å². The van der Waals surface area contributed by atoms with Gasteiger partial charge in [0.05, 0.1) is 32.9 Å². The molecule has 1 saturated heterocycles. The van der Waals surface area contributed by atoms with Crippen molar-refractivity contribution in [3.8, 4) is 11.5 Å². The molecule has 2 amide bonds. The Labute approximate surface area is 183 Å². The molecule has 0 bridgehead atoms. The summed E-state index contributed by atoms with van der Waals surface area (Å²) in [7, 11) is 3.27. The molecule has 1 heterocycles. The van der Waals surface area contributed by atoms with Crippen LogP contribution in [0.1, 0.15) is 35.6 Å². The lowest BCUT2D eigenvalue weighted by molar-refractivity contribution is -0.910. The van der Waals surface area contributed by atoms with Crippen molar-refractivity contribution in [1.29, 1.82) is 0 Å². The van der Waals surface area contributed by atoms with Crippen molar-refractivity contribution in [3.05, 3.63) is 53.1 Å². The zero-order valence-electron chi connectivity index (χ0n) is 18.7. The molecular weight excluding hydrogens is 394 g/mol. The number of benzene rings is 2. The normalized spacial score (nSPS) is 17.8. The van der Waals surface area contributed by atoms with Gasteiger partial charge in [-0.3, -0.25) is 9.59 Å².